The molecule has 0 bridgehead atoms. The number of benzene rings is 1. The first-order chi connectivity index (χ1) is 13.2. The lowest BCUT2D eigenvalue weighted by atomic mass is 10.00. The number of hydrogen-bond acceptors (Lipinski definition) is 7. The van der Waals surface area contributed by atoms with E-state index in [0.29, 0.717) is 0 Å². The number of aromatic nitrogens is 5. The molecule has 5 aromatic rings. The zero-order valence-corrected chi connectivity index (χ0v) is 14.9. The number of nitrogens with one attached hydrogen (secondary N) is 1. The number of nitrogens with zero attached hydrogens (tertiary/aromatic N) is 4. The summed E-state index contributed by atoms with van der Waals surface area (Å²) >= 11 is 0. The van der Waals surface area contributed by atoms with E-state index >= 15 is 0 Å². The van der Waals surface area contributed by atoms with E-state index in [4.69, 9.17) is 13.8 Å². The van der Waals surface area contributed by atoms with Crippen molar-refractivity contribution in [3.63, 3.8) is 0 Å². The van der Waals surface area contributed by atoms with Crippen molar-refractivity contribution in [2.75, 3.05) is 7.11 Å². The molecular weight excluding hydrogens is 346 g/mol. The normalized spacial score (nSPS) is 11.5. The van der Waals surface area contributed by atoms with Gasteiger partial charge < -0.3 is 18.8 Å². The summed E-state index contributed by atoms with van der Waals surface area (Å²) in [4.78, 5) is 12.2. The number of aromatic amines is 1. The van der Waals surface area contributed by atoms with Crippen LogP contribution in [-0.2, 0) is 0 Å². The van der Waals surface area contributed by atoms with Crippen LogP contribution in [0.25, 0.3) is 44.3 Å². The molecule has 0 atom stereocenters. The fraction of sp³-hybridized carbons (Fsp3) is 0.158. The Balaban J connectivity index is 1.86. The van der Waals surface area contributed by atoms with Crippen molar-refractivity contribution >= 4 is 21.9 Å². The Bertz CT molecular complexity index is 1260. The number of ether oxygens (including phenoxy) is 1. The summed E-state index contributed by atoms with van der Waals surface area (Å²) in [5.41, 5.74) is 5.83. The van der Waals surface area contributed by atoms with E-state index in [1.54, 1.807) is 19.6 Å². The van der Waals surface area contributed by atoms with Crippen molar-refractivity contribution in [1.82, 2.24) is 25.3 Å². The van der Waals surface area contributed by atoms with E-state index in [-0.39, 0.29) is 0 Å². The van der Waals surface area contributed by atoms with Gasteiger partial charge in [-0.3, -0.25) is 0 Å². The van der Waals surface area contributed by atoms with Crippen molar-refractivity contribution in [3.8, 4) is 28.1 Å². The number of methoxy groups -OCH3 is 1. The SMILES string of the molecule is COc1cc2c(cc1-c1c(C)noc1C)[nH]c1ncnc(-c3cnoc3)c12. The second-order valence-corrected chi connectivity index (χ2v) is 6.28. The molecule has 0 saturated carbocycles. The zero-order chi connectivity index (χ0) is 18.5. The lowest BCUT2D eigenvalue weighted by Gasteiger charge is -2.09. The summed E-state index contributed by atoms with van der Waals surface area (Å²) in [7, 11) is 1.65. The van der Waals surface area contributed by atoms with Gasteiger partial charge in [0.25, 0.3) is 0 Å². The van der Waals surface area contributed by atoms with Gasteiger partial charge in [0, 0.05) is 16.5 Å². The number of H-pyrrole nitrogens is 1. The van der Waals surface area contributed by atoms with Crippen LogP contribution < -0.4 is 4.74 Å². The molecule has 134 valence electrons. The van der Waals surface area contributed by atoms with E-state index in [9.17, 15) is 0 Å². The van der Waals surface area contributed by atoms with Crippen LogP contribution >= 0.6 is 0 Å². The van der Waals surface area contributed by atoms with Crippen molar-refractivity contribution < 1.29 is 13.8 Å². The molecule has 0 aliphatic rings. The summed E-state index contributed by atoms with van der Waals surface area (Å²) in [6.07, 6.45) is 4.72. The molecule has 27 heavy (non-hydrogen) atoms. The lowest BCUT2D eigenvalue weighted by molar-refractivity contribution is 0.393. The van der Waals surface area contributed by atoms with Crippen LogP contribution in [0.3, 0.4) is 0 Å². The van der Waals surface area contributed by atoms with Crippen LogP contribution in [0.4, 0.5) is 0 Å². The summed E-state index contributed by atoms with van der Waals surface area (Å²) < 4.78 is 16.0. The van der Waals surface area contributed by atoms with E-state index in [1.165, 1.54) is 6.33 Å². The van der Waals surface area contributed by atoms with E-state index < -0.39 is 0 Å². The highest BCUT2D eigenvalue weighted by atomic mass is 16.5. The lowest BCUT2D eigenvalue weighted by Crippen LogP contribution is -1.90. The summed E-state index contributed by atoms with van der Waals surface area (Å²) in [6, 6.07) is 4.01. The summed E-state index contributed by atoms with van der Waals surface area (Å²) in [5.74, 6) is 1.46. The number of aryl methyl sites for hydroxylation is 2. The quantitative estimate of drug-likeness (QED) is 0.517. The molecule has 4 heterocycles. The fourth-order valence-corrected chi connectivity index (χ4v) is 3.53. The first-order valence-electron chi connectivity index (χ1n) is 8.34. The number of fused-ring (bicyclic) bond motifs is 3. The maximum atomic E-state index is 5.68. The molecule has 0 saturated heterocycles. The van der Waals surface area contributed by atoms with E-state index in [1.807, 2.05) is 26.0 Å². The van der Waals surface area contributed by atoms with E-state index in [2.05, 4.69) is 25.3 Å². The molecule has 0 fully saturated rings. The van der Waals surface area contributed by atoms with Crippen LogP contribution in [-0.4, -0.2) is 32.4 Å². The van der Waals surface area contributed by atoms with Gasteiger partial charge in [-0.15, -0.1) is 0 Å². The zero-order valence-electron chi connectivity index (χ0n) is 14.9. The number of rotatable bonds is 3. The van der Waals surface area contributed by atoms with Gasteiger partial charge in [0.2, 0.25) is 0 Å². The summed E-state index contributed by atoms with van der Waals surface area (Å²) in [5, 5.41) is 9.68. The van der Waals surface area contributed by atoms with E-state index in [0.717, 1.165) is 61.5 Å². The van der Waals surface area contributed by atoms with Crippen molar-refractivity contribution in [3.05, 3.63) is 42.4 Å². The van der Waals surface area contributed by atoms with Gasteiger partial charge in [-0.25, -0.2) is 9.97 Å². The first-order valence-corrected chi connectivity index (χ1v) is 8.34. The molecule has 1 N–H and O–H groups in total. The monoisotopic (exact) mass is 361 g/mol. The van der Waals surface area contributed by atoms with Gasteiger partial charge in [-0.1, -0.05) is 10.3 Å². The molecule has 0 aliphatic heterocycles. The topological polar surface area (TPSA) is 103 Å². The second-order valence-electron chi connectivity index (χ2n) is 6.28. The van der Waals surface area contributed by atoms with Gasteiger partial charge in [0.1, 0.15) is 29.7 Å². The molecule has 8 nitrogen and oxygen atoms in total. The molecule has 0 aliphatic carbocycles. The average molecular weight is 361 g/mol. The minimum Gasteiger partial charge on any atom is -0.496 e. The first kappa shape index (κ1) is 15.6. The minimum absolute atomic E-state index is 0.720. The third-order valence-electron chi connectivity index (χ3n) is 4.72. The third kappa shape index (κ3) is 2.23. The molecule has 0 spiro atoms. The molecule has 8 heteroatoms. The predicted octanol–water partition coefficient (Wildman–Crippen LogP) is 4.05. The van der Waals surface area contributed by atoms with Crippen LogP contribution in [0.5, 0.6) is 5.75 Å². The number of hydrogen-bond donors (Lipinski definition) is 1. The fourth-order valence-electron chi connectivity index (χ4n) is 3.53. The standard InChI is InChI=1S/C19H15N5O3/c1-9-16(10(2)27-24-9)13-4-14-12(5-15(13)25-3)17-18(11-6-22-26-7-11)20-8-21-19(17)23-14/h4-8H,1-3H3,(H,20,21,23). The maximum Gasteiger partial charge on any atom is 0.142 e. The molecule has 4 aromatic heterocycles. The highest BCUT2D eigenvalue weighted by Gasteiger charge is 2.20. The van der Waals surface area contributed by atoms with Gasteiger partial charge in [0.15, 0.2) is 0 Å². The highest BCUT2D eigenvalue weighted by molar-refractivity contribution is 6.13. The Kier molecular flexibility index (Phi) is 3.27. The van der Waals surface area contributed by atoms with Gasteiger partial charge in [-0.05, 0) is 26.0 Å². The van der Waals surface area contributed by atoms with Crippen molar-refractivity contribution in [2.24, 2.45) is 0 Å². The molecule has 5 rings (SSSR count). The van der Waals surface area contributed by atoms with Crippen LogP contribution in [0, 0.1) is 13.8 Å². The van der Waals surface area contributed by atoms with Crippen LogP contribution in [0.2, 0.25) is 0 Å². The second kappa shape index (κ2) is 5.66. The van der Waals surface area contributed by atoms with Crippen molar-refractivity contribution in [1.29, 1.82) is 0 Å². The van der Waals surface area contributed by atoms with Crippen molar-refractivity contribution in [2.45, 2.75) is 13.8 Å². The molecule has 0 unspecified atom stereocenters. The largest absolute Gasteiger partial charge is 0.496 e. The molecule has 0 amide bonds. The van der Waals surface area contributed by atoms with Gasteiger partial charge in [0.05, 0.1) is 41.2 Å². The highest BCUT2D eigenvalue weighted by Crippen LogP contribution is 2.40. The van der Waals surface area contributed by atoms with Crippen LogP contribution in [0.1, 0.15) is 11.5 Å². The van der Waals surface area contributed by atoms with Gasteiger partial charge in [-0.2, -0.15) is 0 Å². The van der Waals surface area contributed by atoms with Crippen LogP contribution in [0.15, 0.2) is 40.0 Å². The Hall–Kier alpha value is -3.68. The van der Waals surface area contributed by atoms with Gasteiger partial charge >= 0.3 is 0 Å². The Morgan fingerprint density at radius 2 is 2.04 bits per heavy atom. The Morgan fingerprint density at radius 1 is 1.15 bits per heavy atom. The average Bonchev–Trinajstić information content (AvgIpc) is 3.39. The smallest absolute Gasteiger partial charge is 0.142 e. The minimum atomic E-state index is 0.720. The third-order valence-corrected chi connectivity index (χ3v) is 4.72. The maximum absolute atomic E-state index is 5.68. The Labute approximate surface area is 153 Å². The summed E-state index contributed by atoms with van der Waals surface area (Å²) in [6.45, 7) is 3.80. The molecular formula is C19H15N5O3. The predicted molar refractivity (Wildman–Crippen MR) is 98.4 cm³/mol. The molecule has 1 aromatic carbocycles. The Morgan fingerprint density at radius 3 is 2.74 bits per heavy atom. The molecule has 0 radical (unpaired) electrons.